The van der Waals surface area contributed by atoms with Gasteiger partial charge < -0.3 is 30.6 Å². The lowest BCUT2D eigenvalue weighted by Crippen LogP contribution is -2.37. The van der Waals surface area contributed by atoms with E-state index >= 15 is 0 Å². The zero-order valence-electron chi connectivity index (χ0n) is 34.5. The van der Waals surface area contributed by atoms with E-state index in [2.05, 4.69) is 20.8 Å². The number of unbranched alkanes of at least 4 members (excludes halogenated alkanes) is 23. The fourth-order valence-corrected chi connectivity index (χ4v) is 8.71. The van der Waals surface area contributed by atoms with E-state index in [0.29, 0.717) is 19.3 Å². The van der Waals surface area contributed by atoms with Gasteiger partial charge in [-0.3, -0.25) is 0 Å². The molecule has 51 heavy (non-hydrogen) atoms. The van der Waals surface area contributed by atoms with Crippen LogP contribution >= 0.6 is 0 Å². The highest BCUT2D eigenvalue weighted by atomic mass is 16.3. The molecule has 0 aromatic carbocycles. The molecular weight excluding hydrogens is 636 g/mol. The maximum Gasteiger partial charge on any atom is 0.0773 e. The van der Waals surface area contributed by atoms with Crippen molar-refractivity contribution in [3.8, 4) is 0 Å². The molecular formula is C45H92O6. The smallest absolute Gasteiger partial charge is 0.0773 e. The Balaban J connectivity index is 5.98. The molecule has 0 aliphatic rings. The van der Waals surface area contributed by atoms with Gasteiger partial charge >= 0.3 is 0 Å². The monoisotopic (exact) mass is 729 g/mol. The lowest BCUT2D eigenvalue weighted by atomic mass is 9.65. The standard InChI is InChI=1S/C45H92O6/c1-4-7-10-13-16-19-21-24-27-30-39(33-41(49)36-46)44(32-29-26-23-18-15-12-9-6-3)45(35-43(51)38-48)40(34-42(50)37-47)31-28-25-22-20-17-14-11-8-5-2/h39-51H,4-38H2,1-3H3. The van der Waals surface area contributed by atoms with Gasteiger partial charge in [-0.2, -0.15) is 0 Å². The summed E-state index contributed by atoms with van der Waals surface area (Å²) in [6, 6.07) is 0. The summed E-state index contributed by atoms with van der Waals surface area (Å²) in [5.74, 6) is 0.611. The van der Waals surface area contributed by atoms with Gasteiger partial charge in [-0.15, -0.1) is 0 Å². The van der Waals surface area contributed by atoms with Crippen molar-refractivity contribution < 1.29 is 30.6 Å². The number of hydrogen-bond acceptors (Lipinski definition) is 6. The van der Waals surface area contributed by atoms with Crippen LogP contribution in [0, 0.1) is 23.7 Å². The predicted molar refractivity (Wildman–Crippen MR) is 218 cm³/mol. The molecule has 7 unspecified atom stereocenters. The SMILES string of the molecule is CCCCCCCCCCCC(CC(O)CO)C(CCCCCCCCCC)C(CC(O)CO)C(CCCCCCCCCCC)CC(O)CO. The average Bonchev–Trinajstić information content (AvgIpc) is 3.14. The highest BCUT2D eigenvalue weighted by molar-refractivity contribution is 4.86. The quantitative estimate of drug-likeness (QED) is 0.0349. The lowest BCUT2D eigenvalue weighted by molar-refractivity contribution is -0.00453. The van der Waals surface area contributed by atoms with Crippen molar-refractivity contribution in [3.63, 3.8) is 0 Å². The lowest BCUT2D eigenvalue weighted by Gasteiger charge is -2.41. The van der Waals surface area contributed by atoms with Crippen LogP contribution in [0.3, 0.4) is 0 Å². The van der Waals surface area contributed by atoms with Crippen LogP contribution in [0.25, 0.3) is 0 Å². The molecule has 6 N–H and O–H groups in total. The first-order valence-electron chi connectivity index (χ1n) is 22.7. The molecule has 308 valence electrons. The summed E-state index contributed by atoms with van der Waals surface area (Å²) in [5, 5.41) is 62.6. The number of rotatable bonds is 41. The fraction of sp³-hybridized carbons (Fsp3) is 1.00. The number of hydrogen-bond donors (Lipinski definition) is 6. The van der Waals surface area contributed by atoms with Crippen molar-refractivity contribution in [2.45, 2.75) is 245 Å². The first-order valence-corrected chi connectivity index (χ1v) is 22.7. The summed E-state index contributed by atoms with van der Waals surface area (Å²) in [4.78, 5) is 0. The van der Waals surface area contributed by atoms with Crippen LogP contribution in [0.15, 0.2) is 0 Å². The van der Waals surface area contributed by atoms with Gasteiger partial charge in [0.2, 0.25) is 0 Å². The fourth-order valence-electron chi connectivity index (χ4n) is 8.71. The molecule has 0 bridgehead atoms. The Kier molecular flexibility index (Phi) is 37.9. The third-order valence-electron chi connectivity index (χ3n) is 11.8. The van der Waals surface area contributed by atoms with Crippen LogP contribution in [0.1, 0.15) is 226 Å². The second kappa shape index (κ2) is 38.1. The second-order valence-electron chi connectivity index (χ2n) is 16.6. The minimum absolute atomic E-state index is 0.0707. The normalized spacial score (nSPS) is 16.2. The van der Waals surface area contributed by atoms with Gasteiger partial charge in [0.15, 0.2) is 0 Å². The van der Waals surface area contributed by atoms with Crippen molar-refractivity contribution in [2.75, 3.05) is 19.8 Å². The molecule has 0 rings (SSSR count). The summed E-state index contributed by atoms with van der Waals surface area (Å²) in [7, 11) is 0. The van der Waals surface area contributed by atoms with Gasteiger partial charge in [0, 0.05) is 0 Å². The molecule has 7 atom stereocenters. The molecule has 0 aliphatic carbocycles. The van der Waals surface area contributed by atoms with E-state index in [1.165, 1.54) is 141 Å². The Morgan fingerprint density at radius 2 is 0.549 bits per heavy atom. The van der Waals surface area contributed by atoms with Crippen LogP contribution in [0.5, 0.6) is 0 Å². The minimum Gasteiger partial charge on any atom is -0.394 e. The van der Waals surface area contributed by atoms with E-state index in [4.69, 9.17) is 0 Å². The zero-order chi connectivity index (χ0) is 37.8. The Morgan fingerprint density at radius 1 is 0.294 bits per heavy atom. The van der Waals surface area contributed by atoms with E-state index < -0.39 is 18.3 Å². The van der Waals surface area contributed by atoms with Gasteiger partial charge in [0.1, 0.15) is 0 Å². The van der Waals surface area contributed by atoms with Crippen molar-refractivity contribution in [2.24, 2.45) is 23.7 Å². The Hall–Kier alpha value is -0.240. The van der Waals surface area contributed by atoms with E-state index in [1.54, 1.807) is 0 Å². The van der Waals surface area contributed by atoms with Gasteiger partial charge in [-0.1, -0.05) is 201 Å². The minimum atomic E-state index is -0.830. The van der Waals surface area contributed by atoms with Crippen LogP contribution < -0.4 is 0 Å². The third kappa shape index (κ3) is 29.8. The van der Waals surface area contributed by atoms with Crippen LogP contribution in [-0.2, 0) is 0 Å². The van der Waals surface area contributed by atoms with E-state index in [0.717, 1.165) is 44.9 Å². The van der Waals surface area contributed by atoms with Crippen molar-refractivity contribution in [3.05, 3.63) is 0 Å². The van der Waals surface area contributed by atoms with Gasteiger partial charge in [-0.05, 0) is 49.4 Å². The highest BCUT2D eigenvalue weighted by Crippen LogP contribution is 2.43. The van der Waals surface area contributed by atoms with Gasteiger partial charge in [-0.25, -0.2) is 0 Å². The summed E-state index contributed by atoms with van der Waals surface area (Å²) in [6.07, 6.45) is 34.6. The Bertz CT molecular complexity index is 677. The zero-order valence-corrected chi connectivity index (χ0v) is 34.5. The Morgan fingerprint density at radius 3 is 0.863 bits per heavy atom. The topological polar surface area (TPSA) is 121 Å². The predicted octanol–water partition coefficient (Wildman–Crippen LogP) is 11.1. The summed E-state index contributed by atoms with van der Waals surface area (Å²) in [5.41, 5.74) is 0. The molecule has 0 saturated carbocycles. The molecule has 0 saturated heterocycles. The molecule has 0 aromatic heterocycles. The van der Waals surface area contributed by atoms with Crippen LogP contribution in [0.2, 0.25) is 0 Å². The highest BCUT2D eigenvalue weighted by Gasteiger charge is 2.36. The molecule has 6 nitrogen and oxygen atoms in total. The van der Waals surface area contributed by atoms with Gasteiger partial charge in [0.25, 0.3) is 0 Å². The summed E-state index contributed by atoms with van der Waals surface area (Å²) < 4.78 is 0. The van der Waals surface area contributed by atoms with Gasteiger partial charge in [0.05, 0.1) is 38.1 Å². The maximum absolute atomic E-state index is 11.0. The molecule has 0 fully saturated rings. The van der Waals surface area contributed by atoms with E-state index in [1.807, 2.05) is 0 Å². The Labute approximate surface area is 318 Å². The van der Waals surface area contributed by atoms with Crippen molar-refractivity contribution in [1.82, 2.24) is 0 Å². The van der Waals surface area contributed by atoms with Crippen LogP contribution in [-0.4, -0.2) is 68.8 Å². The maximum atomic E-state index is 11.0. The number of aliphatic hydroxyl groups is 6. The molecule has 6 heteroatoms. The van der Waals surface area contributed by atoms with Crippen molar-refractivity contribution in [1.29, 1.82) is 0 Å². The summed E-state index contributed by atoms with van der Waals surface area (Å²) >= 11 is 0. The number of aliphatic hydroxyl groups excluding tert-OH is 6. The van der Waals surface area contributed by atoms with Crippen molar-refractivity contribution >= 4 is 0 Å². The molecule has 0 heterocycles. The average molecular weight is 729 g/mol. The molecule has 0 radical (unpaired) electrons. The second-order valence-corrected chi connectivity index (χ2v) is 16.6. The largest absolute Gasteiger partial charge is 0.394 e. The summed E-state index contributed by atoms with van der Waals surface area (Å²) in [6.45, 7) is 5.98. The van der Waals surface area contributed by atoms with Crippen LogP contribution in [0.4, 0.5) is 0 Å². The molecule has 0 aromatic rings. The molecule has 0 spiro atoms. The molecule has 0 amide bonds. The third-order valence-corrected chi connectivity index (χ3v) is 11.8. The van der Waals surface area contributed by atoms with E-state index in [-0.39, 0.29) is 43.5 Å². The first kappa shape index (κ1) is 50.8. The van der Waals surface area contributed by atoms with E-state index in [9.17, 15) is 30.6 Å². The first-order chi connectivity index (χ1) is 24.9. The molecule has 0 aliphatic heterocycles.